The molecule has 0 atom stereocenters. The molecule has 0 aliphatic heterocycles. The van der Waals surface area contributed by atoms with Gasteiger partial charge in [0.25, 0.3) is 5.91 Å². The van der Waals surface area contributed by atoms with Crippen LogP contribution in [-0.2, 0) is 6.54 Å². The van der Waals surface area contributed by atoms with Crippen LogP contribution in [0, 0.1) is 6.92 Å². The predicted molar refractivity (Wildman–Crippen MR) is 66.8 cm³/mol. The van der Waals surface area contributed by atoms with E-state index in [-0.39, 0.29) is 11.4 Å². The zero-order valence-electron chi connectivity index (χ0n) is 10.7. The number of hydrogen-bond donors (Lipinski definition) is 2. The molecule has 5 heteroatoms. The Hall–Kier alpha value is -1.52. The highest BCUT2D eigenvalue weighted by molar-refractivity contribution is 5.98. The van der Waals surface area contributed by atoms with Crippen LogP contribution in [0.3, 0.4) is 0 Å². The molecular formula is C12H20N4O. The number of aromatic nitrogens is 2. The van der Waals surface area contributed by atoms with Crippen molar-refractivity contribution in [3.63, 3.8) is 0 Å². The maximum absolute atomic E-state index is 12.2. The van der Waals surface area contributed by atoms with Gasteiger partial charge in [-0.2, -0.15) is 5.10 Å². The number of carbonyl (C=O) groups is 1. The fourth-order valence-corrected chi connectivity index (χ4v) is 2.23. The van der Waals surface area contributed by atoms with Crippen molar-refractivity contribution in [1.29, 1.82) is 0 Å². The summed E-state index contributed by atoms with van der Waals surface area (Å²) in [5.41, 5.74) is 7.57. The van der Waals surface area contributed by atoms with E-state index >= 15 is 0 Å². The Labute approximate surface area is 101 Å². The molecule has 0 spiro atoms. The molecule has 1 aliphatic rings. The summed E-state index contributed by atoms with van der Waals surface area (Å²) < 4.78 is 1.67. The van der Waals surface area contributed by atoms with Gasteiger partial charge in [-0.1, -0.05) is 0 Å². The highest BCUT2D eigenvalue weighted by atomic mass is 16.2. The Kier molecular flexibility index (Phi) is 2.85. The Bertz CT molecular complexity index is 446. The van der Waals surface area contributed by atoms with E-state index < -0.39 is 0 Å². The Morgan fingerprint density at radius 3 is 2.71 bits per heavy atom. The smallest absolute Gasteiger partial charge is 0.272 e. The SMILES string of the molecule is CCn1nc(C)c(N)c1C(=O)NC1(C)CCC1. The quantitative estimate of drug-likeness (QED) is 0.834. The number of carbonyl (C=O) groups excluding carboxylic acids is 1. The van der Waals surface area contributed by atoms with E-state index in [2.05, 4.69) is 17.3 Å². The van der Waals surface area contributed by atoms with E-state index in [1.165, 1.54) is 6.42 Å². The molecule has 0 aromatic carbocycles. The van der Waals surface area contributed by atoms with Crippen LogP contribution in [0.5, 0.6) is 0 Å². The fourth-order valence-electron chi connectivity index (χ4n) is 2.23. The minimum Gasteiger partial charge on any atom is -0.395 e. The molecule has 1 fully saturated rings. The van der Waals surface area contributed by atoms with Gasteiger partial charge in [0, 0.05) is 12.1 Å². The second-order valence-corrected chi connectivity index (χ2v) is 5.03. The molecular weight excluding hydrogens is 216 g/mol. The van der Waals surface area contributed by atoms with Crippen molar-refractivity contribution in [2.75, 3.05) is 5.73 Å². The zero-order chi connectivity index (χ0) is 12.6. The molecule has 1 heterocycles. The summed E-state index contributed by atoms with van der Waals surface area (Å²) in [5.74, 6) is -0.104. The normalized spacial score (nSPS) is 17.6. The van der Waals surface area contributed by atoms with Crippen molar-refractivity contribution in [2.24, 2.45) is 0 Å². The second kappa shape index (κ2) is 4.05. The molecule has 17 heavy (non-hydrogen) atoms. The lowest BCUT2D eigenvalue weighted by molar-refractivity contribution is 0.0840. The average Bonchev–Trinajstić information content (AvgIpc) is 2.52. The average molecular weight is 236 g/mol. The predicted octanol–water partition coefficient (Wildman–Crippen LogP) is 1.47. The van der Waals surface area contributed by atoms with Gasteiger partial charge < -0.3 is 11.1 Å². The van der Waals surface area contributed by atoms with Gasteiger partial charge in [0.15, 0.2) is 0 Å². The van der Waals surface area contributed by atoms with E-state index in [1.807, 2.05) is 13.8 Å². The first-order valence-electron chi connectivity index (χ1n) is 6.12. The lowest BCUT2D eigenvalue weighted by atomic mass is 9.78. The van der Waals surface area contributed by atoms with Crippen molar-refractivity contribution in [2.45, 2.75) is 52.1 Å². The number of rotatable bonds is 3. The van der Waals surface area contributed by atoms with Gasteiger partial charge >= 0.3 is 0 Å². The summed E-state index contributed by atoms with van der Waals surface area (Å²) in [4.78, 5) is 12.2. The number of nitrogens with zero attached hydrogens (tertiary/aromatic N) is 2. The van der Waals surface area contributed by atoms with Crippen LogP contribution in [0.1, 0.15) is 49.3 Å². The summed E-state index contributed by atoms with van der Waals surface area (Å²) in [5, 5.41) is 7.31. The van der Waals surface area contributed by atoms with Gasteiger partial charge in [-0.3, -0.25) is 9.48 Å². The summed E-state index contributed by atoms with van der Waals surface area (Å²) in [6.45, 7) is 6.50. The summed E-state index contributed by atoms with van der Waals surface area (Å²) >= 11 is 0. The van der Waals surface area contributed by atoms with Gasteiger partial charge in [-0.05, 0) is 40.0 Å². The molecule has 0 bridgehead atoms. The first-order valence-corrected chi connectivity index (χ1v) is 6.12. The number of nitrogens with one attached hydrogen (secondary N) is 1. The molecule has 0 unspecified atom stereocenters. The number of nitrogen functional groups attached to an aromatic ring is 1. The monoisotopic (exact) mass is 236 g/mol. The van der Waals surface area contributed by atoms with E-state index in [9.17, 15) is 4.79 Å². The largest absolute Gasteiger partial charge is 0.395 e. The number of hydrogen-bond acceptors (Lipinski definition) is 3. The third kappa shape index (κ3) is 2.01. The van der Waals surface area contributed by atoms with Crippen molar-refractivity contribution >= 4 is 11.6 Å². The standard InChI is InChI=1S/C12H20N4O/c1-4-16-10(9(13)8(2)15-16)11(17)14-12(3)6-5-7-12/h4-7,13H2,1-3H3,(H,14,17). The van der Waals surface area contributed by atoms with Crippen LogP contribution in [-0.4, -0.2) is 21.2 Å². The van der Waals surface area contributed by atoms with Crippen molar-refractivity contribution in [1.82, 2.24) is 15.1 Å². The maximum Gasteiger partial charge on any atom is 0.272 e. The summed E-state index contributed by atoms with van der Waals surface area (Å²) in [6.07, 6.45) is 3.26. The molecule has 5 nitrogen and oxygen atoms in total. The molecule has 1 aromatic heterocycles. The number of amides is 1. The van der Waals surface area contributed by atoms with E-state index in [0.29, 0.717) is 17.9 Å². The Morgan fingerprint density at radius 1 is 1.59 bits per heavy atom. The molecule has 0 saturated heterocycles. The molecule has 3 N–H and O–H groups in total. The molecule has 1 saturated carbocycles. The lowest BCUT2D eigenvalue weighted by Crippen LogP contribution is -2.51. The Balaban J connectivity index is 2.24. The number of nitrogens with two attached hydrogens (primary N) is 1. The lowest BCUT2D eigenvalue weighted by Gasteiger charge is -2.39. The minimum absolute atomic E-state index is 0.0553. The summed E-state index contributed by atoms with van der Waals surface area (Å²) in [7, 11) is 0. The van der Waals surface area contributed by atoms with Crippen LogP contribution in [0.15, 0.2) is 0 Å². The Morgan fingerprint density at radius 2 is 2.24 bits per heavy atom. The zero-order valence-corrected chi connectivity index (χ0v) is 10.7. The van der Waals surface area contributed by atoms with Gasteiger partial charge in [0.05, 0.1) is 11.4 Å². The van der Waals surface area contributed by atoms with Gasteiger partial charge in [-0.15, -0.1) is 0 Å². The number of aryl methyl sites for hydroxylation is 2. The molecule has 1 amide bonds. The second-order valence-electron chi connectivity index (χ2n) is 5.03. The van der Waals surface area contributed by atoms with Gasteiger partial charge in [0.1, 0.15) is 5.69 Å². The highest BCUT2D eigenvalue weighted by Gasteiger charge is 2.34. The van der Waals surface area contributed by atoms with E-state index in [4.69, 9.17) is 5.73 Å². The van der Waals surface area contributed by atoms with Gasteiger partial charge in [-0.25, -0.2) is 0 Å². The third-order valence-electron chi connectivity index (χ3n) is 3.56. The van der Waals surface area contributed by atoms with Gasteiger partial charge in [0.2, 0.25) is 0 Å². The van der Waals surface area contributed by atoms with Crippen LogP contribution in [0.4, 0.5) is 5.69 Å². The van der Waals surface area contributed by atoms with Crippen molar-refractivity contribution in [3.05, 3.63) is 11.4 Å². The van der Waals surface area contributed by atoms with Crippen LogP contribution < -0.4 is 11.1 Å². The maximum atomic E-state index is 12.2. The van der Waals surface area contributed by atoms with Crippen molar-refractivity contribution < 1.29 is 4.79 Å². The summed E-state index contributed by atoms with van der Waals surface area (Å²) in [6, 6.07) is 0. The minimum atomic E-state index is -0.104. The van der Waals surface area contributed by atoms with Crippen LogP contribution >= 0.6 is 0 Å². The molecule has 1 aliphatic carbocycles. The number of anilines is 1. The first kappa shape index (κ1) is 12.0. The van der Waals surface area contributed by atoms with Crippen LogP contribution in [0.2, 0.25) is 0 Å². The first-order chi connectivity index (χ1) is 7.97. The van der Waals surface area contributed by atoms with Crippen molar-refractivity contribution in [3.8, 4) is 0 Å². The molecule has 1 aromatic rings. The van der Waals surface area contributed by atoms with E-state index in [0.717, 1.165) is 18.5 Å². The van der Waals surface area contributed by atoms with E-state index in [1.54, 1.807) is 4.68 Å². The topological polar surface area (TPSA) is 72.9 Å². The highest BCUT2D eigenvalue weighted by Crippen LogP contribution is 2.31. The molecule has 0 radical (unpaired) electrons. The fraction of sp³-hybridized carbons (Fsp3) is 0.667. The third-order valence-corrected chi connectivity index (χ3v) is 3.56. The van der Waals surface area contributed by atoms with Crippen LogP contribution in [0.25, 0.3) is 0 Å². The molecule has 94 valence electrons. The molecule has 2 rings (SSSR count).